The number of hydrogen-bond acceptors (Lipinski definition) is 5. The van der Waals surface area contributed by atoms with Crippen molar-refractivity contribution in [2.75, 3.05) is 18.0 Å². The molecule has 7 nitrogen and oxygen atoms in total. The van der Waals surface area contributed by atoms with Crippen LogP contribution in [-0.4, -0.2) is 38.8 Å². The molecule has 1 aliphatic rings. The Labute approximate surface area is 168 Å². The van der Waals surface area contributed by atoms with E-state index < -0.39 is 0 Å². The van der Waals surface area contributed by atoms with Gasteiger partial charge in [-0.3, -0.25) is 4.79 Å². The molecule has 152 valence electrons. The van der Waals surface area contributed by atoms with Gasteiger partial charge in [-0.2, -0.15) is 4.52 Å². The van der Waals surface area contributed by atoms with Crippen molar-refractivity contribution in [1.29, 1.82) is 0 Å². The molecule has 1 N–H and O–H groups in total. The van der Waals surface area contributed by atoms with Crippen LogP contribution in [0.25, 0.3) is 5.65 Å². The van der Waals surface area contributed by atoms with Crippen molar-refractivity contribution >= 4 is 17.4 Å². The number of carbonyl (C=O) groups excluding carboxylic acids is 1. The van der Waals surface area contributed by atoms with Crippen LogP contribution < -0.4 is 10.2 Å². The Balaban J connectivity index is 1.36. The van der Waals surface area contributed by atoms with Crippen LogP contribution in [0.2, 0.25) is 0 Å². The van der Waals surface area contributed by atoms with Gasteiger partial charge in [0, 0.05) is 32.5 Å². The van der Waals surface area contributed by atoms with Crippen LogP contribution in [0.1, 0.15) is 37.6 Å². The molecule has 0 spiro atoms. The minimum atomic E-state index is -0.287. The summed E-state index contributed by atoms with van der Waals surface area (Å²) in [7, 11) is 0. The van der Waals surface area contributed by atoms with E-state index in [2.05, 4.69) is 27.3 Å². The molecule has 1 aromatic carbocycles. The van der Waals surface area contributed by atoms with Crippen LogP contribution in [0.15, 0.2) is 36.4 Å². The molecular weight excluding hydrogens is 371 g/mol. The molecule has 8 heteroatoms. The number of anilines is 1. The summed E-state index contributed by atoms with van der Waals surface area (Å²) in [5, 5.41) is 15.9. The van der Waals surface area contributed by atoms with Gasteiger partial charge in [-0.15, -0.1) is 15.3 Å². The fraction of sp³-hybridized carbons (Fsp3) is 0.429. The predicted molar refractivity (Wildman–Crippen MR) is 108 cm³/mol. The van der Waals surface area contributed by atoms with Gasteiger partial charge in [0.15, 0.2) is 11.5 Å². The third kappa shape index (κ3) is 4.70. The molecule has 0 bridgehead atoms. The molecule has 0 radical (unpaired) electrons. The van der Waals surface area contributed by atoms with Crippen molar-refractivity contribution in [3.8, 4) is 0 Å². The lowest BCUT2D eigenvalue weighted by atomic mass is 9.99. The molecule has 1 saturated heterocycles. The van der Waals surface area contributed by atoms with Crippen LogP contribution in [0.5, 0.6) is 0 Å². The first-order chi connectivity index (χ1) is 14.1. The van der Waals surface area contributed by atoms with Crippen molar-refractivity contribution < 1.29 is 9.18 Å². The number of nitrogens with zero attached hydrogens (tertiary/aromatic N) is 5. The smallest absolute Gasteiger partial charge is 0.220 e. The second-order valence-corrected chi connectivity index (χ2v) is 7.65. The Kier molecular flexibility index (Phi) is 5.69. The van der Waals surface area contributed by atoms with Gasteiger partial charge in [0.1, 0.15) is 11.6 Å². The Morgan fingerprint density at radius 2 is 1.90 bits per heavy atom. The summed E-state index contributed by atoms with van der Waals surface area (Å²) in [4.78, 5) is 14.5. The Bertz CT molecular complexity index is 979. The molecular formula is C21H25FN6O. The van der Waals surface area contributed by atoms with E-state index in [1.54, 1.807) is 16.6 Å². The fourth-order valence-electron chi connectivity index (χ4n) is 3.50. The highest BCUT2D eigenvalue weighted by Gasteiger charge is 2.18. The number of fused-ring (bicyclic) bond motifs is 1. The molecule has 0 saturated carbocycles. The third-order valence-corrected chi connectivity index (χ3v) is 5.40. The summed E-state index contributed by atoms with van der Waals surface area (Å²) in [6.07, 6.45) is 3.07. The maximum Gasteiger partial charge on any atom is 0.220 e. The molecule has 1 fully saturated rings. The second kappa shape index (κ2) is 8.55. The number of amides is 1. The summed E-state index contributed by atoms with van der Waals surface area (Å²) in [6, 6.07) is 10.00. The summed E-state index contributed by atoms with van der Waals surface area (Å²) in [5.74, 6) is 1.97. The summed E-state index contributed by atoms with van der Waals surface area (Å²) < 4.78 is 14.7. The number of aryl methyl sites for hydroxylation is 1. The number of carbonyl (C=O) groups is 1. The van der Waals surface area contributed by atoms with Gasteiger partial charge in [0.2, 0.25) is 5.91 Å². The van der Waals surface area contributed by atoms with Crippen LogP contribution in [0, 0.1) is 11.7 Å². The minimum Gasteiger partial charge on any atom is -0.355 e. The third-order valence-electron chi connectivity index (χ3n) is 5.40. The van der Waals surface area contributed by atoms with Gasteiger partial charge in [0.25, 0.3) is 0 Å². The molecule has 0 unspecified atom stereocenters. The van der Waals surface area contributed by atoms with E-state index in [1.165, 1.54) is 25.0 Å². The molecule has 0 atom stereocenters. The standard InChI is InChI=1S/C21H25FN6O/c1-15-10-12-27(13-11-15)20-7-6-18-24-25-19(28(18)26-20)8-9-21(29)23-14-16-2-4-17(22)5-3-16/h2-7,15H,8-14H2,1H3,(H,23,29). The van der Waals surface area contributed by atoms with E-state index in [-0.39, 0.29) is 18.1 Å². The first-order valence-corrected chi connectivity index (χ1v) is 10.1. The van der Waals surface area contributed by atoms with Crippen LogP contribution in [-0.2, 0) is 17.8 Å². The molecule has 0 aliphatic carbocycles. The Morgan fingerprint density at radius 1 is 1.14 bits per heavy atom. The summed E-state index contributed by atoms with van der Waals surface area (Å²) in [5.41, 5.74) is 1.54. The molecule has 1 amide bonds. The zero-order valence-electron chi connectivity index (χ0n) is 16.5. The van der Waals surface area contributed by atoms with Gasteiger partial charge in [-0.1, -0.05) is 19.1 Å². The Morgan fingerprint density at radius 3 is 2.66 bits per heavy atom. The van der Waals surface area contributed by atoms with Gasteiger partial charge in [-0.05, 0) is 48.6 Å². The van der Waals surface area contributed by atoms with Crippen molar-refractivity contribution in [3.63, 3.8) is 0 Å². The topological polar surface area (TPSA) is 75.4 Å². The van der Waals surface area contributed by atoms with E-state index in [1.807, 2.05) is 12.1 Å². The first-order valence-electron chi connectivity index (χ1n) is 10.1. The van der Waals surface area contributed by atoms with E-state index in [0.29, 0.717) is 24.4 Å². The molecule has 3 heterocycles. The first kappa shape index (κ1) is 19.3. The number of piperidine rings is 1. The zero-order chi connectivity index (χ0) is 20.2. The van der Waals surface area contributed by atoms with Crippen molar-refractivity contribution in [1.82, 2.24) is 25.1 Å². The van der Waals surface area contributed by atoms with E-state index in [4.69, 9.17) is 5.10 Å². The highest BCUT2D eigenvalue weighted by molar-refractivity contribution is 5.76. The van der Waals surface area contributed by atoms with E-state index in [0.717, 1.165) is 30.4 Å². The van der Waals surface area contributed by atoms with Crippen molar-refractivity contribution in [3.05, 3.63) is 53.6 Å². The lowest BCUT2D eigenvalue weighted by Crippen LogP contribution is -2.33. The lowest BCUT2D eigenvalue weighted by Gasteiger charge is -2.30. The largest absolute Gasteiger partial charge is 0.355 e. The van der Waals surface area contributed by atoms with Crippen molar-refractivity contribution in [2.24, 2.45) is 5.92 Å². The summed E-state index contributed by atoms with van der Waals surface area (Å²) >= 11 is 0. The molecule has 3 aromatic rings. The van der Waals surface area contributed by atoms with Gasteiger partial charge in [0.05, 0.1) is 0 Å². The zero-order valence-corrected chi connectivity index (χ0v) is 16.5. The number of benzene rings is 1. The SMILES string of the molecule is CC1CCN(c2ccc3nnc(CCC(=O)NCc4ccc(F)cc4)n3n2)CC1. The summed E-state index contributed by atoms with van der Waals surface area (Å²) in [6.45, 7) is 4.66. The molecule has 1 aliphatic heterocycles. The lowest BCUT2D eigenvalue weighted by molar-refractivity contribution is -0.121. The predicted octanol–water partition coefficient (Wildman–Crippen LogP) is 2.75. The number of halogens is 1. The van der Waals surface area contributed by atoms with Crippen LogP contribution in [0.3, 0.4) is 0 Å². The van der Waals surface area contributed by atoms with Gasteiger partial charge >= 0.3 is 0 Å². The fourth-order valence-corrected chi connectivity index (χ4v) is 3.50. The average Bonchev–Trinajstić information content (AvgIpc) is 3.14. The highest BCUT2D eigenvalue weighted by Crippen LogP contribution is 2.21. The van der Waals surface area contributed by atoms with Crippen molar-refractivity contribution in [2.45, 2.75) is 39.2 Å². The van der Waals surface area contributed by atoms with Gasteiger partial charge in [-0.25, -0.2) is 4.39 Å². The average molecular weight is 396 g/mol. The van der Waals surface area contributed by atoms with E-state index >= 15 is 0 Å². The number of aromatic nitrogens is 4. The molecule has 29 heavy (non-hydrogen) atoms. The number of hydrogen-bond donors (Lipinski definition) is 1. The maximum absolute atomic E-state index is 12.9. The minimum absolute atomic E-state index is 0.0905. The van der Waals surface area contributed by atoms with Crippen LogP contribution >= 0.6 is 0 Å². The Hall–Kier alpha value is -3.03. The second-order valence-electron chi connectivity index (χ2n) is 7.65. The number of nitrogens with one attached hydrogen (secondary N) is 1. The molecule has 4 rings (SSSR count). The number of rotatable bonds is 6. The van der Waals surface area contributed by atoms with Crippen LogP contribution in [0.4, 0.5) is 10.2 Å². The van der Waals surface area contributed by atoms with Gasteiger partial charge < -0.3 is 10.2 Å². The maximum atomic E-state index is 12.9. The van der Waals surface area contributed by atoms with E-state index in [9.17, 15) is 9.18 Å². The monoisotopic (exact) mass is 396 g/mol. The molecule has 2 aromatic heterocycles. The normalized spacial score (nSPS) is 15.0. The highest BCUT2D eigenvalue weighted by atomic mass is 19.1. The quantitative estimate of drug-likeness (QED) is 0.693.